The van der Waals surface area contributed by atoms with Crippen LogP contribution in [0.3, 0.4) is 0 Å². The minimum absolute atomic E-state index is 0.0195. The molecule has 0 spiro atoms. The summed E-state index contributed by atoms with van der Waals surface area (Å²) in [6.45, 7) is 0.985. The zero-order valence-corrected chi connectivity index (χ0v) is 24.9. The number of halogens is 5. The quantitative estimate of drug-likeness (QED) is 0.308. The fraction of sp³-hybridized carbons (Fsp3) is 0.407. The number of nitrogens with zero attached hydrogens (tertiary/aromatic N) is 5. The number of fused-ring (bicyclic) bond motifs is 1. The zero-order chi connectivity index (χ0) is 31.6. The fourth-order valence-corrected chi connectivity index (χ4v) is 6.65. The third-order valence-electron chi connectivity index (χ3n) is 7.13. The SMILES string of the molecule is CCC(=O)N1CCc2cc(S(=O)(=O)N3CCC(Nc4nc(Nc5ccc(F)c(Cl)c5)nc(OCC(F)(F)F)n4)CC3)ccc21. The number of alkyl halides is 3. The number of sulfonamides is 1. The van der Waals surface area contributed by atoms with E-state index in [0.29, 0.717) is 32.2 Å². The molecule has 1 saturated heterocycles. The number of piperidine rings is 1. The first-order valence-electron chi connectivity index (χ1n) is 13.7. The maximum Gasteiger partial charge on any atom is 0.422 e. The summed E-state index contributed by atoms with van der Waals surface area (Å²) in [7, 11) is -3.81. The van der Waals surface area contributed by atoms with Gasteiger partial charge in [-0.05, 0) is 61.2 Å². The zero-order valence-electron chi connectivity index (χ0n) is 23.4. The first-order chi connectivity index (χ1) is 20.8. The van der Waals surface area contributed by atoms with Gasteiger partial charge in [0.1, 0.15) is 5.82 Å². The molecule has 0 radical (unpaired) electrons. The molecular formula is C27H28ClF4N7O4S. The number of carbonyl (C=O) groups excluding carboxylic acids is 1. The highest BCUT2D eigenvalue weighted by atomic mass is 35.5. The summed E-state index contributed by atoms with van der Waals surface area (Å²) in [5.41, 5.74) is 1.80. The third kappa shape index (κ3) is 7.30. The van der Waals surface area contributed by atoms with Gasteiger partial charge in [0.05, 0.1) is 9.92 Å². The molecule has 2 aliphatic rings. The highest BCUT2D eigenvalue weighted by molar-refractivity contribution is 7.89. The molecule has 2 aliphatic heterocycles. The summed E-state index contributed by atoms with van der Waals surface area (Å²) in [4.78, 5) is 26.0. The number of hydrogen-bond acceptors (Lipinski definition) is 9. The van der Waals surface area contributed by atoms with Crippen molar-refractivity contribution in [2.75, 3.05) is 41.8 Å². The van der Waals surface area contributed by atoms with Gasteiger partial charge in [0.25, 0.3) is 0 Å². The molecule has 3 heterocycles. The van der Waals surface area contributed by atoms with Gasteiger partial charge >= 0.3 is 12.2 Å². The second kappa shape index (κ2) is 12.7. The molecule has 2 N–H and O–H groups in total. The molecular weight excluding hydrogens is 630 g/mol. The standard InChI is InChI=1S/C27H28ClF4N7O4S/c1-2-23(40)39-12-7-16-13-19(4-6-22(16)39)44(41,42)38-10-8-17(9-11-38)33-24-35-25(34-18-3-5-21(29)20(28)14-18)37-26(36-24)43-15-27(30,31)32/h3-6,13-14,17H,2,7-12,15H2,1H3,(H2,33,34,35,36,37). The van der Waals surface area contributed by atoms with Crippen LogP contribution in [0.5, 0.6) is 6.01 Å². The number of anilines is 4. The van der Waals surface area contributed by atoms with Crippen molar-refractivity contribution in [1.82, 2.24) is 19.3 Å². The van der Waals surface area contributed by atoms with E-state index in [2.05, 4.69) is 25.6 Å². The summed E-state index contributed by atoms with van der Waals surface area (Å²) in [5.74, 6) is -0.963. The first-order valence-corrected chi connectivity index (χ1v) is 15.5. The Morgan fingerprint density at radius 2 is 1.80 bits per heavy atom. The van der Waals surface area contributed by atoms with Gasteiger partial charge in [-0.1, -0.05) is 18.5 Å². The van der Waals surface area contributed by atoms with E-state index < -0.39 is 34.6 Å². The molecule has 1 aromatic heterocycles. The Morgan fingerprint density at radius 3 is 2.48 bits per heavy atom. The van der Waals surface area contributed by atoms with E-state index in [4.69, 9.17) is 16.3 Å². The minimum atomic E-state index is -4.64. The van der Waals surface area contributed by atoms with Crippen LogP contribution in [0, 0.1) is 5.82 Å². The lowest BCUT2D eigenvalue weighted by molar-refractivity contribution is -0.154. The molecule has 1 amide bonds. The maximum atomic E-state index is 13.5. The van der Waals surface area contributed by atoms with Crippen molar-refractivity contribution in [2.24, 2.45) is 0 Å². The second-order valence-electron chi connectivity index (χ2n) is 10.2. The molecule has 0 atom stereocenters. The number of amides is 1. The van der Waals surface area contributed by atoms with E-state index in [9.17, 15) is 30.8 Å². The number of benzene rings is 2. The van der Waals surface area contributed by atoms with Crippen molar-refractivity contribution >= 4 is 50.8 Å². The summed E-state index contributed by atoms with van der Waals surface area (Å²) in [5, 5.41) is 5.57. The number of aromatic nitrogens is 3. The summed E-state index contributed by atoms with van der Waals surface area (Å²) < 4.78 is 84.8. The monoisotopic (exact) mass is 657 g/mol. The average molecular weight is 658 g/mol. The smallest absolute Gasteiger partial charge is 0.422 e. The molecule has 0 unspecified atom stereocenters. The molecule has 17 heteroatoms. The highest BCUT2D eigenvalue weighted by Gasteiger charge is 2.33. The summed E-state index contributed by atoms with van der Waals surface area (Å²) >= 11 is 5.81. The van der Waals surface area contributed by atoms with Gasteiger partial charge in [-0.25, -0.2) is 12.8 Å². The normalized spacial score (nSPS) is 16.1. The number of carbonyl (C=O) groups is 1. The van der Waals surface area contributed by atoms with Crippen LogP contribution in [-0.4, -0.2) is 72.0 Å². The van der Waals surface area contributed by atoms with Crippen LogP contribution in [0.25, 0.3) is 0 Å². The average Bonchev–Trinajstić information content (AvgIpc) is 3.41. The predicted octanol–water partition coefficient (Wildman–Crippen LogP) is 4.91. The Morgan fingerprint density at radius 1 is 1.07 bits per heavy atom. The molecule has 0 aliphatic carbocycles. The lowest BCUT2D eigenvalue weighted by atomic mass is 10.1. The Hall–Kier alpha value is -3.76. The van der Waals surface area contributed by atoms with E-state index in [1.807, 2.05) is 0 Å². The van der Waals surface area contributed by atoms with Crippen molar-refractivity contribution in [3.8, 4) is 6.01 Å². The van der Waals surface area contributed by atoms with E-state index in [1.54, 1.807) is 24.0 Å². The largest absolute Gasteiger partial charge is 0.454 e. The Bertz CT molecular complexity index is 1650. The molecule has 0 saturated carbocycles. The van der Waals surface area contributed by atoms with Crippen molar-refractivity contribution < 1.29 is 35.5 Å². The predicted molar refractivity (Wildman–Crippen MR) is 154 cm³/mol. The van der Waals surface area contributed by atoms with Crippen molar-refractivity contribution in [2.45, 2.75) is 49.7 Å². The molecule has 5 rings (SSSR count). The van der Waals surface area contributed by atoms with Crippen LogP contribution in [0.15, 0.2) is 41.3 Å². The second-order valence-corrected chi connectivity index (χ2v) is 12.5. The van der Waals surface area contributed by atoms with Crippen molar-refractivity contribution in [3.63, 3.8) is 0 Å². The van der Waals surface area contributed by atoms with Crippen LogP contribution in [-0.2, 0) is 21.2 Å². The van der Waals surface area contributed by atoms with E-state index in [1.165, 1.54) is 22.5 Å². The fourth-order valence-electron chi connectivity index (χ4n) is 4.95. The molecule has 2 aromatic carbocycles. The Balaban J connectivity index is 1.27. The molecule has 44 heavy (non-hydrogen) atoms. The summed E-state index contributed by atoms with van der Waals surface area (Å²) in [6.07, 6.45) is -3.01. The van der Waals surface area contributed by atoms with Gasteiger partial charge in [-0.15, -0.1) is 0 Å². The van der Waals surface area contributed by atoms with Gasteiger partial charge in [-0.3, -0.25) is 4.79 Å². The van der Waals surface area contributed by atoms with Gasteiger partial charge in [0.2, 0.25) is 27.8 Å². The van der Waals surface area contributed by atoms with E-state index in [-0.39, 0.29) is 52.5 Å². The van der Waals surface area contributed by atoms with E-state index in [0.717, 1.165) is 17.3 Å². The lowest BCUT2D eigenvalue weighted by Crippen LogP contribution is -2.42. The van der Waals surface area contributed by atoms with Gasteiger partial charge in [0, 0.05) is 43.5 Å². The molecule has 236 valence electrons. The number of rotatable bonds is 9. The van der Waals surface area contributed by atoms with Crippen LogP contribution in [0.2, 0.25) is 5.02 Å². The van der Waals surface area contributed by atoms with Gasteiger partial charge in [-0.2, -0.15) is 32.4 Å². The Labute approximate surface area is 255 Å². The van der Waals surface area contributed by atoms with Crippen LogP contribution in [0.1, 0.15) is 31.7 Å². The van der Waals surface area contributed by atoms with Crippen molar-refractivity contribution in [3.05, 3.63) is 52.8 Å². The van der Waals surface area contributed by atoms with Gasteiger partial charge < -0.3 is 20.3 Å². The third-order valence-corrected chi connectivity index (χ3v) is 9.31. The van der Waals surface area contributed by atoms with Crippen LogP contribution in [0.4, 0.5) is 40.8 Å². The first kappa shape index (κ1) is 31.7. The highest BCUT2D eigenvalue weighted by Crippen LogP contribution is 2.32. The lowest BCUT2D eigenvalue weighted by Gasteiger charge is -2.31. The molecule has 0 bridgehead atoms. The number of hydrogen-bond donors (Lipinski definition) is 2. The van der Waals surface area contributed by atoms with E-state index >= 15 is 0 Å². The van der Waals surface area contributed by atoms with Crippen LogP contribution < -0.4 is 20.3 Å². The van der Waals surface area contributed by atoms with Crippen LogP contribution >= 0.6 is 11.6 Å². The molecule has 11 nitrogen and oxygen atoms in total. The minimum Gasteiger partial charge on any atom is -0.454 e. The van der Waals surface area contributed by atoms with Gasteiger partial charge in [0.15, 0.2) is 6.61 Å². The number of nitrogens with one attached hydrogen (secondary N) is 2. The Kier molecular flexibility index (Phi) is 9.13. The molecule has 3 aromatic rings. The topological polar surface area (TPSA) is 130 Å². The summed E-state index contributed by atoms with van der Waals surface area (Å²) in [6, 6.07) is 7.56. The maximum absolute atomic E-state index is 13.5. The number of ether oxygens (including phenoxy) is 1. The molecule has 1 fully saturated rings. The van der Waals surface area contributed by atoms with Crippen molar-refractivity contribution in [1.29, 1.82) is 0 Å².